The summed E-state index contributed by atoms with van der Waals surface area (Å²) in [6.45, 7) is 6.95. The molecule has 1 heterocycles. The highest BCUT2D eigenvalue weighted by Gasteiger charge is 2.16. The molecule has 0 saturated heterocycles. The van der Waals surface area contributed by atoms with E-state index in [0.29, 0.717) is 18.5 Å². The van der Waals surface area contributed by atoms with Crippen molar-refractivity contribution in [2.24, 2.45) is 5.73 Å². The summed E-state index contributed by atoms with van der Waals surface area (Å²) in [6.07, 6.45) is 2.46. The Kier molecular flexibility index (Phi) is 4.32. The molecule has 1 unspecified atom stereocenters. The van der Waals surface area contributed by atoms with Crippen LogP contribution in [0, 0.1) is 6.92 Å². The molecule has 2 N–H and O–H groups in total. The van der Waals surface area contributed by atoms with Crippen LogP contribution in [0.3, 0.4) is 0 Å². The minimum absolute atomic E-state index is 0.293. The average molecular weight is 258 g/mol. The fraction of sp³-hybridized carbons (Fsp3) is 0.467. The smallest absolute Gasteiger partial charge is 0.138 e. The van der Waals surface area contributed by atoms with Gasteiger partial charge in [-0.15, -0.1) is 0 Å². The van der Waals surface area contributed by atoms with Crippen LogP contribution in [0.5, 0.6) is 0 Å². The Bertz CT molecular complexity index is 530. The Morgan fingerprint density at radius 3 is 2.74 bits per heavy atom. The molecule has 2 aromatic rings. The van der Waals surface area contributed by atoms with Crippen molar-refractivity contribution in [2.75, 3.05) is 6.54 Å². The molecule has 0 bridgehead atoms. The van der Waals surface area contributed by atoms with Crippen molar-refractivity contribution < 1.29 is 0 Å². The maximum atomic E-state index is 5.94. The second-order valence-electron chi connectivity index (χ2n) is 5.27. The first-order valence-electron chi connectivity index (χ1n) is 6.76. The van der Waals surface area contributed by atoms with Gasteiger partial charge in [0.2, 0.25) is 0 Å². The van der Waals surface area contributed by atoms with Crippen molar-refractivity contribution in [1.29, 1.82) is 0 Å². The molecule has 0 saturated carbocycles. The number of rotatable bonds is 5. The second-order valence-corrected chi connectivity index (χ2v) is 5.27. The van der Waals surface area contributed by atoms with E-state index in [1.54, 1.807) is 6.33 Å². The van der Waals surface area contributed by atoms with Crippen LogP contribution < -0.4 is 5.73 Å². The van der Waals surface area contributed by atoms with E-state index >= 15 is 0 Å². The third kappa shape index (κ3) is 3.20. The molecular weight excluding hydrogens is 236 g/mol. The topological polar surface area (TPSA) is 56.7 Å². The molecule has 1 aromatic heterocycles. The van der Waals surface area contributed by atoms with Crippen LogP contribution in [0.4, 0.5) is 0 Å². The first-order valence-corrected chi connectivity index (χ1v) is 6.76. The van der Waals surface area contributed by atoms with E-state index in [0.717, 1.165) is 12.2 Å². The second kappa shape index (κ2) is 5.97. The number of aryl methyl sites for hydroxylation is 1. The zero-order valence-corrected chi connectivity index (χ0v) is 11.9. The van der Waals surface area contributed by atoms with Crippen LogP contribution in [0.25, 0.3) is 0 Å². The molecule has 0 aliphatic carbocycles. The molecule has 0 aliphatic heterocycles. The quantitative estimate of drug-likeness (QED) is 0.896. The van der Waals surface area contributed by atoms with Crippen molar-refractivity contribution >= 4 is 0 Å². The average Bonchev–Trinajstić information content (AvgIpc) is 2.84. The molecule has 0 amide bonds. The van der Waals surface area contributed by atoms with Gasteiger partial charge in [-0.1, -0.05) is 29.8 Å². The van der Waals surface area contributed by atoms with E-state index in [2.05, 4.69) is 55.1 Å². The van der Waals surface area contributed by atoms with E-state index in [9.17, 15) is 0 Å². The van der Waals surface area contributed by atoms with E-state index in [4.69, 9.17) is 5.73 Å². The van der Waals surface area contributed by atoms with Crippen LogP contribution in [-0.4, -0.2) is 21.3 Å². The lowest BCUT2D eigenvalue weighted by molar-refractivity contribution is 0.492. The van der Waals surface area contributed by atoms with E-state index in [1.165, 1.54) is 11.1 Å². The lowest BCUT2D eigenvalue weighted by Gasteiger charge is -2.17. The predicted octanol–water partition coefficient (Wildman–Crippen LogP) is 2.45. The molecule has 0 spiro atoms. The molecular formula is C15H22N4. The molecule has 1 atom stereocenters. The van der Waals surface area contributed by atoms with Gasteiger partial charge in [0, 0.05) is 18.4 Å². The summed E-state index contributed by atoms with van der Waals surface area (Å²) in [6, 6.07) is 8.86. The van der Waals surface area contributed by atoms with E-state index < -0.39 is 0 Å². The van der Waals surface area contributed by atoms with Crippen molar-refractivity contribution in [3.05, 3.63) is 47.5 Å². The summed E-state index contributed by atoms with van der Waals surface area (Å²) in [5, 5.41) is 4.28. The van der Waals surface area contributed by atoms with Gasteiger partial charge in [-0.3, -0.25) is 0 Å². The summed E-state index contributed by atoms with van der Waals surface area (Å²) in [4.78, 5) is 4.37. The van der Waals surface area contributed by atoms with E-state index in [-0.39, 0.29) is 0 Å². The number of nitrogens with two attached hydrogens (primary N) is 1. The fourth-order valence-electron chi connectivity index (χ4n) is 2.33. The number of hydrogen-bond donors (Lipinski definition) is 1. The third-order valence-electron chi connectivity index (χ3n) is 3.36. The number of benzene rings is 1. The van der Waals surface area contributed by atoms with E-state index in [1.807, 2.05) is 4.68 Å². The van der Waals surface area contributed by atoms with Gasteiger partial charge >= 0.3 is 0 Å². The maximum absolute atomic E-state index is 5.94. The SMILES string of the molecule is Cc1cccc(C(CN)Cc2ncnn2C(C)C)c1. The normalized spacial score (nSPS) is 12.9. The zero-order chi connectivity index (χ0) is 13.8. The first-order chi connectivity index (χ1) is 9.11. The molecule has 102 valence electrons. The van der Waals surface area contributed by atoms with Crippen LogP contribution in [-0.2, 0) is 6.42 Å². The maximum Gasteiger partial charge on any atom is 0.138 e. The molecule has 0 aliphatic rings. The lowest BCUT2D eigenvalue weighted by atomic mass is 9.94. The molecule has 1 aromatic carbocycles. The zero-order valence-electron chi connectivity index (χ0n) is 11.9. The summed E-state index contributed by atoms with van der Waals surface area (Å²) < 4.78 is 1.97. The molecule has 0 radical (unpaired) electrons. The summed E-state index contributed by atoms with van der Waals surface area (Å²) in [5.74, 6) is 1.30. The third-order valence-corrected chi connectivity index (χ3v) is 3.36. The predicted molar refractivity (Wildman–Crippen MR) is 77.1 cm³/mol. The van der Waals surface area contributed by atoms with Crippen molar-refractivity contribution in [1.82, 2.24) is 14.8 Å². The van der Waals surface area contributed by atoms with Crippen LogP contribution >= 0.6 is 0 Å². The molecule has 19 heavy (non-hydrogen) atoms. The van der Waals surface area contributed by atoms with Gasteiger partial charge in [-0.05, 0) is 32.9 Å². The van der Waals surface area contributed by atoms with Crippen molar-refractivity contribution in [3.8, 4) is 0 Å². The van der Waals surface area contributed by atoms with Crippen LogP contribution in [0.15, 0.2) is 30.6 Å². The fourth-order valence-corrected chi connectivity index (χ4v) is 2.33. The Morgan fingerprint density at radius 1 is 1.32 bits per heavy atom. The van der Waals surface area contributed by atoms with Crippen LogP contribution in [0.1, 0.15) is 42.8 Å². The minimum Gasteiger partial charge on any atom is -0.330 e. The number of nitrogens with zero attached hydrogens (tertiary/aromatic N) is 3. The van der Waals surface area contributed by atoms with Crippen molar-refractivity contribution in [3.63, 3.8) is 0 Å². The van der Waals surface area contributed by atoms with Gasteiger partial charge in [-0.2, -0.15) is 5.10 Å². The first kappa shape index (κ1) is 13.7. The molecule has 4 heteroatoms. The largest absolute Gasteiger partial charge is 0.330 e. The monoisotopic (exact) mass is 258 g/mol. The van der Waals surface area contributed by atoms with Gasteiger partial charge in [0.15, 0.2) is 0 Å². The van der Waals surface area contributed by atoms with Gasteiger partial charge in [0.1, 0.15) is 12.2 Å². The van der Waals surface area contributed by atoms with Gasteiger partial charge in [0.25, 0.3) is 0 Å². The molecule has 2 rings (SSSR count). The summed E-state index contributed by atoms with van der Waals surface area (Å²) in [7, 11) is 0. The minimum atomic E-state index is 0.293. The van der Waals surface area contributed by atoms with Crippen molar-refractivity contribution in [2.45, 2.75) is 39.2 Å². The lowest BCUT2D eigenvalue weighted by Crippen LogP contribution is -2.18. The standard InChI is InChI=1S/C15H22N4/c1-11(2)19-15(17-10-18-19)8-14(9-16)13-6-4-5-12(3)7-13/h4-7,10-11,14H,8-9,16H2,1-3H3. The highest BCUT2D eigenvalue weighted by molar-refractivity contribution is 5.26. The highest BCUT2D eigenvalue weighted by Crippen LogP contribution is 2.21. The molecule has 4 nitrogen and oxygen atoms in total. The summed E-state index contributed by atoms with van der Waals surface area (Å²) in [5.41, 5.74) is 8.48. The molecule has 0 fully saturated rings. The van der Waals surface area contributed by atoms with Gasteiger partial charge in [-0.25, -0.2) is 9.67 Å². The Balaban J connectivity index is 2.22. The highest BCUT2D eigenvalue weighted by atomic mass is 15.3. The van der Waals surface area contributed by atoms with Gasteiger partial charge in [0.05, 0.1) is 0 Å². The Labute approximate surface area is 114 Å². The Hall–Kier alpha value is -1.68. The summed E-state index contributed by atoms with van der Waals surface area (Å²) >= 11 is 0. The Morgan fingerprint density at radius 2 is 2.11 bits per heavy atom. The van der Waals surface area contributed by atoms with Crippen LogP contribution in [0.2, 0.25) is 0 Å². The number of hydrogen-bond acceptors (Lipinski definition) is 3. The van der Waals surface area contributed by atoms with Gasteiger partial charge < -0.3 is 5.73 Å². The number of aromatic nitrogens is 3.